The molecule has 26 heavy (non-hydrogen) atoms. The summed E-state index contributed by atoms with van der Waals surface area (Å²) in [7, 11) is 11.4. The van der Waals surface area contributed by atoms with Crippen molar-refractivity contribution >= 4 is 33.1 Å². The summed E-state index contributed by atoms with van der Waals surface area (Å²) in [6.45, 7) is 0. The van der Waals surface area contributed by atoms with E-state index in [1.165, 1.54) is 7.11 Å². The van der Waals surface area contributed by atoms with Gasteiger partial charge >= 0.3 is 0 Å². The van der Waals surface area contributed by atoms with Crippen LogP contribution in [0.1, 0.15) is 11.1 Å². The highest BCUT2D eigenvalue weighted by atomic mass is 28.3. The third-order valence-electron chi connectivity index (χ3n) is 3.36. The molecule has 0 fully saturated rings. The van der Waals surface area contributed by atoms with E-state index < -0.39 is 0 Å². The minimum atomic E-state index is 0.0968. The largest absolute Gasteiger partial charge is 0.504 e. The van der Waals surface area contributed by atoms with Gasteiger partial charge in [0.25, 0.3) is 0 Å². The molecule has 0 atom stereocenters. The second-order valence-corrected chi connectivity index (χ2v) is 5.64. The predicted molar refractivity (Wildman–Crippen MR) is 102 cm³/mol. The van der Waals surface area contributed by atoms with E-state index >= 15 is 0 Å². The molecule has 0 saturated carbocycles. The Labute approximate surface area is 160 Å². The van der Waals surface area contributed by atoms with Crippen LogP contribution in [-0.4, -0.2) is 54.5 Å². The predicted octanol–water partition coefficient (Wildman–Crippen LogP) is 2.77. The van der Waals surface area contributed by atoms with Gasteiger partial charge in [-0.05, 0) is 35.4 Å². The van der Waals surface area contributed by atoms with E-state index in [-0.39, 0.29) is 5.75 Å². The lowest BCUT2D eigenvalue weighted by Crippen LogP contribution is -1.95. The quantitative estimate of drug-likeness (QED) is 0.606. The molecule has 0 heterocycles. The number of hydrogen-bond donors (Lipinski definition) is 1. The lowest BCUT2D eigenvalue weighted by atomic mass is 10.1. The topological polar surface area (TPSA) is 66.4 Å². The molecule has 8 heteroatoms. The Morgan fingerprint density at radius 1 is 0.731 bits per heavy atom. The molecule has 1 N–H and O–H groups in total. The second kappa shape index (κ2) is 11.2. The van der Waals surface area contributed by atoms with Gasteiger partial charge in [0, 0.05) is 0 Å². The smallest absolute Gasteiger partial charge is 0.229 e. The molecule has 0 unspecified atom stereocenters. The summed E-state index contributed by atoms with van der Waals surface area (Å²) in [6, 6.07) is 8.90. The highest BCUT2D eigenvalue weighted by Crippen LogP contribution is 2.38. The summed E-state index contributed by atoms with van der Waals surface area (Å²) in [6.07, 6.45) is 3.77. The molecule has 0 aromatic heterocycles. The van der Waals surface area contributed by atoms with Gasteiger partial charge in [0.2, 0.25) is 26.7 Å². The van der Waals surface area contributed by atoms with Gasteiger partial charge in [-0.3, -0.25) is 0 Å². The van der Waals surface area contributed by atoms with Crippen LogP contribution < -0.4 is 18.9 Å². The van der Waals surface area contributed by atoms with Crippen molar-refractivity contribution in [3.63, 3.8) is 0 Å². The third-order valence-corrected chi connectivity index (χ3v) is 3.36. The van der Waals surface area contributed by atoms with E-state index in [1.807, 2.05) is 30.4 Å². The molecular formula is C18H20O6Si2. The molecule has 0 aliphatic heterocycles. The van der Waals surface area contributed by atoms with Gasteiger partial charge in [0.1, 0.15) is 0 Å². The Bertz CT molecular complexity index is 709. The molecule has 2 aromatic rings. The highest BCUT2D eigenvalue weighted by Gasteiger charge is 2.12. The summed E-state index contributed by atoms with van der Waals surface area (Å²) < 4.78 is 24.8. The van der Waals surface area contributed by atoms with Crippen molar-refractivity contribution in [3.8, 4) is 28.7 Å². The number of aromatic hydroxyl groups is 1. The number of phenolic OH excluding ortho intramolecular Hbond substituents is 1. The summed E-state index contributed by atoms with van der Waals surface area (Å²) in [5, 5.41) is 9.81. The molecule has 136 valence electrons. The first-order chi connectivity index (χ1) is 12.5. The first-order valence-corrected chi connectivity index (χ1v) is 8.20. The Morgan fingerprint density at radius 2 is 1.23 bits per heavy atom. The first-order valence-electron chi connectivity index (χ1n) is 7.38. The maximum atomic E-state index is 9.81. The molecule has 2 aromatic carbocycles. The lowest BCUT2D eigenvalue weighted by molar-refractivity contribution is 0.324. The molecule has 2 rings (SSSR count). The maximum Gasteiger partial charge on any atom is 0.229 e. The fourth-order valence-electron chi connectivity index (χ4n) is 2.20. The lowest BCUT2D eigenvalue weighted by Gasteiger charge is -2.12. The van der Waals surface area contributed by atoms with Crippen molar-refractivity contribution in [2.24, 2.45) is 0 Å². The van der Waals surface area contributed by atoms with Crippen molar-refractivity contribution in [2.75, 3.05) is 28.4 Å². The Balaban J connectivity index is 0.00000105. The van der Waals surface area contributed by atoms with Crippen LogP contribution in [0, 0.1) is 0 Å². The van der Waals surface area contributed by atoms with E-state index in [1.54, 1.807) is 33.5 Å². The van der Waals surface area contributed by atoms with Crippen molar-refractivity contribution < 1.29 is 28.2 Å². The van der Waals surface area contributed by atoms with E-state index in [0.717, 1.165) is 11.1 Å². The zero-order valence-electron chi connectivity index (χ0n) is 15.0. The normalized spacial score (nSPS) is 10.1. The zero-order valence-corrected chi connectivity index (χ0v) is 17.0. The van der Waals surface area contributed by atoms with Gasteiger partial charge in [-0.15, -0.1) is 0 Å². The van der Waals surface area contributed by atoms with Crippen LogP contribution in [0.2, 0.25) is 0 Å². The SMILES string of the molecule is COc1ccc(/C=C\c2cc(OC)c(OC)c(OC)c2)cc1O.[Si]O[Si]. The van der Waals surface area contributed by atoms with Crippen LogP contribution in [-0.2, 0) is 4.12 Å². The second-order valence-electron chi connectivity index (χ2n) is 4.83. The fraction of sp³-hybridized carbons (Fsp3) is 0.222. The van der Waals surface area contributed by atoms with E-state index in [0.29, 0.717) is 23.0 Å². The first kappa shape index (κ1) is 21.6. The van der Waals surface area contributed by atoms with E-state index in [9.17, 15) is 5.11 Å². The Kier molecular flexibility index (Phi) is 9.34. The summed E-state index contributed by atoms with van der Waals surface area (Å²) in [4.78, 5) is 0. The molecule has 6 radical (unpaired) electrons. The number of hydrogen-bond acceptors (Lipinski definition) is 6. The maximum absolute atomic E-state index is 9.81. The van der Waals surface area contributed by atoms with Gasteiger partial charge in [0.15, 0.2) is 23.0 Å². The number of methoxy groups -OCH3 is 4. The molecule has 0 bridgehead atoms. The van der Waals surface area contributed by atoms with Crippen LogP contribution >= 0.6 is 0 Å². The van der Waals surface area contributed by atoms with Crippen LogP contribution in [0.3, 0.4) is 0 Å². The molecule has 0 spiro atoms. The average molecular weight is 389 g/mol. The van der Waals surface area contributed by atoms with E-state index in [2.05, 4.69) is 25.1 Å². The molecule has 0 saturated heterocycles. The molecule has 6 nitrogen and oxygen atoms in total. The summed E-state index contributed by atoms with van der Waals surface area (Å²) >= 11 is 0. The molecular weight excluding hydrogens is 368 g/mol. The molecule has 0 aliphatic carbocycles. The van der Waals surface area contributed by atoms with Gasteiger partial charge in [-0.1, -0.05) is 18.2 Å². The third kappa shape index (κ3) is 5.83. The van der Waals surface area contributed by atoms with Crippen LogP contribution in [0.25, 0.3) is 12.2 Å². The van der Waals surface area contributed by atoms with Gasteiger partial charge in [-0.25, -0.2) is 0 Å². The minimum Gasteiger partial charge on any atom is -0.504 e. The number of phenols is 1. The number of rotatable bonds is 6. The van der Waals surface area contributed by atoms with Gasteiger partial charge in [-0.2, -0.15) is 0 Å². The van der Waals surface area contributed by atoms with Crippen molar-refractivity contribution in [3.05, 3.63) is 41.5 Å². The van der Waals surface area contributed by atoms with Crippen LogP contribution in [0.15, 0.2) is 30.3 Å². The van der Waals surface area contributed by atoms with Crippen molar-refractivity contribution in [1.82, 2.24) is 0 Å². The number of ether oxygens (including phenoxy) is 4. The summed E-state index contributed by atoms with van der Waals surface area (Å²) in [5.74, 6) is 2.26. The highest BCUT2D eigenvalue weighted by molar-refractivity contribution is 6.15. The fourth-order valence-corrected chi connectivity index (χ4v) is 2.20. The Hall–Kier alpha value is -2.43. The van der Waals surface area contributed by atoms with Gasteiger partial charge in [0.05, 0.1) is 28.4 Å². The van der Waals surface area contributed by atoms with Crippen LogP contribution in [0.5, 0.6) is 28.7 Å². The minimum absolute atomic E-state index is 0.0968. The zero-order chi connectivity index (χ0) is 19.5. The van der Waals surface area contributed by atoms with E-state index in [4.69, 9.17) is 18.9 Å². The summed E-state index contributed by atoms with van der Waals surface area (Å²) in [5.41, 5.74) is 1.73. The van der Waals surface area contributed by atoms with Crippen LogP contribution in [0.4, 0.5) is 0 Å². The average Bonchev–Trinajstić information content (AvgIpc) is 2.66. The molecule has 0 aliphatic rings. The molecule has 0 amide bonds. The number of benzene rings is 2. The van der Waals surface area contributed by atoms with Crippen molar-refractivity contribution in [1.29, 1.82) is 0 Å². The van der Waals surface area contributed by atoms with Crippen molar-refractivity contribution in [2.45, 2.75) is 0 Å². The Morgan fingerprint density at radius 3 is 1.65 bits per heavy atom. The van der Waals surface area contributed by atoms with Gasteiger partial charge < -0.3 is 28.2 Å². The monoisotopic (exact) mass is 388 g/mol. The standard InChI is InChI=1S/C18H20O5.OSi2/c1-20-15-8-7-12(9-14(15)19)5-6-13-10-16(21-2)18(23-4)17(11-13)22-3;2-1-3/h5-11,19H,1-4H3;/b6-5-;.